The normalized spacial score (nSPS) is 12.4. The maximum atomic E-state index is 13.5. The summed E-state index contributed by atoms with van der Waals surface area (Å²) in [6, 6.07) is 14.8. The third-order valence-corrected chi connectivity index (χ3v) is 8.79. The van der Waals surface area contributed by atoms with Gasteiger partial charge < -0.3 is 0 Å². The number of rotatable bonds is 9. The van der Waals surface area contributed by atoms with Crippen LogP contribution in [0.15, 0.2) is 81.7 Å². The predicted octanol–water partition coefficient (Wildman–Crippen LogP) is 4.68. The Kier molecular flexibility index (Phi) is 7.72. The summed E-state index contributed by atoms with van der Waals surface area (Å²) in [6.07, 6.45) is 3.83. The van der Waals surface area contributed by atoms with Crippen LogP contribution in [-0.4, -0.2) is 28.4 Å². The van der Waals surface area contributed by atoms with E-state index in [9.17, 15) is 16.8 Å². The van der Waals surface area contributed by atoms with Gasteiger partial charge in [-0.3, -0.25) is 4.98 Å². The first-order valence-electron chi connectivity index (χ1n) is 10.9. The number of sulfone groups is 1. The lowest BCUT2D eigenvalue weighted by Gasteiger charge is -2.21. The van der Waals surface area contributed by atoms with Gasteiger partial charge in [0.15, 0.2) is 0 Å². The molecule has 0 aliphatic rings. The minimum atomic E-state index is -3.95. The molecule has 1 aromatic heterocycles. The van der Waals surface area contributed by atoms with Crippen LogP contribution in [0.25, 0.3) is 0 Å². The van der Waals surface area contributed by atoms with E-state index in [0.717, 1.165) is 5.56 Å². The molecule has 176 valence electrons. The van der Waals surface area contributed by atoms with Gasteiger partial charge in [-0.2, -0.15) is 0 Å². The molecule has 0 saturated carbocycles. The highest BCUT2D eigenvalue weighted by Gasteiger charge is 2.29. The molecule has 0 atom stereocenters. The van der Waals surface area contributed by atoms with Crippen molar-refractivity contribution < 1.29 is 16.8 Å². The summed E-state index contributed by atoms with van der Waals surface area (Å²) in [5.74, 6) is -0.216. The zero-order chi connectivity index (χ0) is 24.2. The molecule has 1 heterocycles. The summed E-state index contributed by atoms with van der Waals surface area (Å²) in [7, 11) is -7.85. The molecule has 33 heavy (non-hydrogen) atoms. The Morgan fingerprint density at radius 3 is 2.03 bits per heavy atom. The molecule has 2 aromatic carbocycles. The number of pyridine rings is 1. The van der Waals surface area contributed by atoms with E-state index in [0.29, 0.717) is 17.5 Å². The fourth-order valence-corrected chi connectivity index (χ4v) is 6.77. The van der Waals surface area contributed by atoms with E-state index in [4.69, 9.17) is 0 Å². The summed E-state index contributed by atoms with van der Waals surface area (Å²) < 4.78 is 56.3. The SMILES string of the molecule is CC(C)c1cc(C(C)C)c(S(=O)(=O)c2ccccc2)cc1S(=O)(=O)NCCc1cccnc1. The van der Waals surface area contributed by atoms with E-state index >= 15 is 0 Å². The van der Waals surface area contributed by atoms with E-state index in [-0.39, 0.29) is 33.1 Å². The first kappa shape index (κ1) is 25.1. The second-order valence-electron chi connectivity index (χ2n) is 8.56. The molecule has 8 heteroatoms. The van der Waals surface area contributed by atoms with Crippen molar-refractivity contribution in [1.29, 1.82) is 0 Å². The van der Waals surface area contributed by atoms with Crippen LogP contribution >= 0.6 is 0 Å². The standard InChI is InChI=1S/C25H30N2O4S2/c1-18(2)22-15-23(19(3)4)25(16-24(22)32(28,29)21-10-6-5-7-11-21)33(30,31)27-14-12-20-9-8-13-26-17-20/h5-11,13,15-19,27H,12,14H2,1-4H3. The van der Waals surface area contributed by atoms with Crippen LogP contribution in [0.1, 0.15) is 56.2 Å². The zero-order valence-electron chi connectivity index (χ0n) is 19.3. The number of hydrogen-bond donors (Lipinski definition) is 1. The van der Waals surface area contributed by atoms with Gasteiger partial charge in [0.05, 0.1) is 14.7 Å². The quantitative estimate of drug-likeness (QED) is 0.474. The second-order valence-corrected chi connectivity index (χ2v) is 12.2. The first-order valence-corrected chi connectivity index (χ1v) is 13.9. The number of aromatic nitrogens is 1. The van der Waals surface area contributed by atoms with Crippen LogP contribution < -0.4 is 4.72 Å². The maximum absolute atomic E-state index is 13.5. The van der Waals surface area contributed by atoms with Crippen LogP contribution in [-0.2, 0) is 26.3 Å². The highest BCUT2D eigenvalue weighted by Crippen LogP contribution is 2.35. The third kappa shape index (κ3) is 5.69. The van der Waals surface area contributed by atoms with E-state index in [1.165, 1.54) is 18.2 Å². The highest BCUT2D eigenvalue weighted by atomic mass is 32.2. The molecule has 0 fully saturated rings. The number of benzene rings is 2. The Bertz CT molecular complexity index is 1300. The average molecular weight is 487 g/mol. The van der Waals surface area contributed by atoms with Gasteiger partial charge >= 0.3 is 0 Å². The van der Waals surface area contributed by atoms with Gasteiger partial charge in [0.25, 0.3) is 0 Å². The molecule has 0 aliphatic carbocycles. The van der Waals surface area contributed by atoms with Crippen molar-refractivity contribution in [2.75, 3.05) is 6.54 Å². The second kappa shape index (κ2) is 10.2. The molecule has 3 rings (SSSR count). The van der Waals surface area contributed by atoms with Crippen molar-refractivity contribution in [1.82, 2.24) is 9.71 Å². The van der Waals surface area contributed by atoms with Crippen molar-refractivity contribution >= 4 is 19.9 Å². The summed E-state index contributed by atoms with van der Waals surface area (Å²) in [5, 5.41) is 0. The van der Waals surface area contributed by atoms with Gasteiger partial charge in [-0.05, 0) is 59.2 Å². The molecule has 0 saturated heterocycles. The molecule has 6 nitrogen and oxygen atoms in total. The Hall–Kier alpha value is -2.55. The van der Waals surface area contributed by atoms with E-state index in [1.807, 2.05) is 33.8 Å². The Balaban J connectivity index is 2.09. The fraction of sp³-hybridized carbons (Fsp3) is 0.320. The van der Waals surface area contributed by atoms with Crippen LogP contribution in [0.3, 0.4) is 0 Å². The lowest BCUT2D eigenvalue weighted by Crippen LogP contribution is -2.27. The molecular formula is C25H30N2O4S2. The van der Waals surface area contributed by atoms with E-state index < -0.39 is 19.9 Å². The molecular weight excluding hydrogens is 456 g/mol. The summed E-state index contributed by atoms with van der Waals surface area (Å²) in [4.78, 5) is 4.21. The topological polar surface area (TPSA) is 93.2 Å². The smallest absolute Gasteiger partial charge is 0.240 e. The minimum absolute atomic E-state index is 0.00240. The average Bonchev–Trinajstić information content (AvgIpc) is 2.79. The van der Waals surface area contributed by atoms with Crippen molar-refractivity contribution in [2.24, 2.45) is 0 Å². The Morgan fingerprint density at radius 2 is 1.45 bits per heavy atom. The third-order valence-electron chi connectivity index (χ3n) is 5.45. The molecule has 1 N–H and O–H groups in total. The number of nitrogens with one attached hydrogen (secondary N) is 1. The summed E-state index contributed by atoms with van der Waals surface area (Å²) in [6.45, 7) is 7.80. The van der Waals surface area contributed by atoms with Gasteiger partial charge in [0.2, 0.25) is 19.9 Å². The molecule has 0 unspecified atom stereocenters. The van der Waals surface area contributed by atoms with E-state index in [1.54, 1.807) is 42.7 Å². The van der Waals surface area contributed by atoms with Gasteiger partial charge in [-0.1, -0.05) is 58.0 Å². The molecule has 0 bridgehead atoms. The zero-order valence-corrected chi connectivity index (χ0v) is 20.9. The lowest BCUT2D eigenvalue weighted by molar-refractivity contribution is 0.578. The molecule has 0 aliphatic heterocycles. The largest absolute Gasteiger partial charge is 0.264 e. The van der Waals surface area contributed by atoms with Crippen molar-refractivity contribution in [3.05, 3.63) is 83.7 Å². The Morgan fingerprint density at radius 1 is 0.818 bits per heavy atom. The van der Waals surface area contributed by atoms with Crippen molar-refractivity contribution in [3.8, 4) is 0 Å². The number of sulfonamides is 1. The minimum Gasteiger partial charge on any atom is -0.264 e. The van der Waals surface area contributed by atoms with Crippen molar-refractivity contribution in [3.63, 3.8) is 0 Å². The van der Waals surface area contributed by atoms with Crippen molar-refractivity contribution in [2.45, 2.75) is 60.6 Å². The fourth-order valence-electron chi connectivity index (χ4n) is 3.64. The molecule has 3 aromatic rings. The van der Waals surface area contributed by atoms with Crippen LogP contribution in [0.5, 0.6) is 0 Å². The highest BCUT2D eigenvalue weighted by molar-refractivity contribution is 7.91. The van der Waals surface area contributed by atoms with Gasteiger partial charge in [0.1, 0.15) is 0 Å². The maximum Gasteiger partial charge on any atom is 0.240 e. The number of hydrogen-bond acceptors (Lipinski definition) is 5. The van der Waals surface area contributed by atoms with Gasteiger partial charge in [-0.25, -0.2) is 21.6 Å². The van der Waals surface area contributed by atoms with Crippen LogP contribution in [0.4, 0.5) is 0 Å². The molecule has 0 spiro atoms. The van der Waals surface area contributed by atoms with E-state index in [2.05, 4.69) is 9.71 Å². The summed E-state index contributed by atoms with van der Waals surface area (Å²) in [5.41, 5.74) is 2.11. The summed E-state index contributed by atoms with van der Waals surface area (Å²) >= 11 is 0. The first-order chi connectivity index (χ1) is 15.5. The molecule has 0 radical (unpaired) electrons. The molecule has 0 amide bonds. The monoisotopic (exact) mass is 486 g/mol. The van der Waals surface area contributed by atoms with Crippen LogP contribution in [0.2, 0.25) is 0 Å². The van der Waals surface area contributed by atoms with Crippen LogP contribution in [0, 0.1) is 0 Å². The Labute approximate surface area is 197 Å². The van der Waals surface area contributed by atoms with Gasteiger partial charge in [0, 0.05) is 18.9 Å². The number of nitrogens with zero attached hydrogens (tertiary/aromatic N) is 1. The predicted molar refractivity (Wildman–Crippen MR) is 130 cm³/mol. The van der Waals surface area contributed by atoms with Gasteiger partial charge in [-0.15, -0.1) is 0 Å². The lowest BCUT2D eigenvalue weighted by atomic mass is 9.95.